The van der Waals surface area contributed by atoms with Crippen molar-refractivity contribution in [1.29, 1.82) is 0 Å². The highest BCUT2D eigenvalue weighted by molar-refractivity contribution is 7.20. The summed E-state index contributed by atoms with van der Waals surface area (Å²) in [4.78, 5) is 4.62. The van der Waals surface area contributed by atoms with Crippen molar-refractivity contribution >= 4 is 45.6 Å². The minimum absolute atomic E-state index is 0.515. The highest BCUT2D eigenvalue weighted by Crippen LogP contribution is 2.38. The van der Waals surface area contributed by atoms with Crippen molar-refractivity contribution in [2.75, 3.05) is 0 Å². The molecule has 6 heteroatoms. The number of benzene rings is 1. The molecule has 3 rings (SSSR count). The summed E-state index contributed by atoms with van der Waals surface area (Å²) in [5.74, 6) is 0.817. The SMILES string of the molecule is Cn1c(-c2cc(Cl)sc2Cl)nc2ccc(CN)cc21. The van der Waals surface area contributed by atoms with E-state index in [-0.39, 0.29) is 0 Å². The van der Waals surface area contributed by atoms with Crippen molar-refractivity contribution in [2.24, 2.45) is 12.8 Å². The molecule has 0 atom stereocenters. The molecule has 2 heterocycles. The molecular formula is C13H11Cl2N3S. The van der Waals surface area contributed by atoms with Crippen molar-refractivity contribution in [3.05, 3.63) is 38.5 Å². The van der Waals surface area contributed by atoms with Crippen molar-refractivity contribution in [2.45, 2.75) is 6.54 Å². The molecule has 3 aromatic rings. The number of nitrogens with zero attached hydrogens (tertiary/aromatic N) is 2. The van der Waals surface area contributed by atoms with Crippen LogP contribution in [-0.4, -0.2) is 9.55 Å². The predicted octanol–water partition coefficient (Wildman–Crippen LogP) is 4.07. The number of aromatic nitrogens is 2. The molecule has 0 aliphatic heterocycles. The fraction of sp³-hybridized carbons (Fsp3) is 0.154. The van der Waals surface area contributed by atoms with Crippen LogP contribution >= 0.6 is 34.5 Å². The number of rotatable bonds is 2. The maximum atomic E-state index is 6.20. The largest absolute Gasteiger partial charge is 0.327 e. The molecule has 0 radical (unpaired) electrons. The number of thiophene rings is 1. The number of aryl methyl sites for hydroxylation is 1. The monoisotopic (exact) mass is 311 g/mol. The quantitative estimate of drug-likeness (QED) is 0.775. The summed E-state index contributed by atoms with van der Waals surface area (Å²) in [5.41, 5.74) is 9.58. The lowest BCUT2D eigenvalue weighted by Crippen LogP contribution is -1.96. The lowest BCUT2D eigenvalue weighted by molar-refractivity contribution is 0.957. The summed E-state index contributed by atoms with van der Waals surface area (Å²) < 4.78 is 3.33. The fourth-order valence-corrected chi connectivity index (χ4v) is 3.55. The summed E-state index contributed by atoms with van der Waals surface area (Å²) in [6.45, 7) is 0.515. The summed E-state index contributed by atoms with van der Waals surface area (Å²) in [6.07, 6.45) is 0. The molecule has 0 spiro atoms. The molecule has 0 unspecified atom stereocenters. The van der Waals surface area contributed by atoms with Crippen molar-refractivity contribution in [3.8, 4) is 11.4 Å². The number of halogens is 2. The van der Waals surface area contributed by atoms with Crippen LogP contribution in [0.25, 0.3) is 22.4 Å². The molecule has 98 valence electrons. The Morgan fingerprint density at radius 3 is 2.74 bits per heavy atom. The zero-order chi connectivity index (χ0) is 13.6. The van der Waals surface area contributed by atoms with Crippen LogP contribution in [-0.2, 0) is 13.6 Å². The maximum Gasteiger partial charge on any atom is 0.143 e. The van der Waals surface area contributed by atoms with Crippen molar-refractivity contribution in [3.63, 3.8) is 0 Å². The van der Waals surface area contributed by atoms with Gasteiger partial charge in [-0.1, -0.05) is 29.3 Å². The van der Waals surface area contributed by atoms with Crippen LogP contribution in [0, 0.1) is 0 Å². The third kappa shape index (κ3) is 2.15. The number of nitrogens with two attached hydrogens (primary N) is 1. The summed E-state index contributed by atoms with van der Waals surface area (Å²) in [7, 11) is 1.97. The Labute approximate surface area is 124 Å². The molecule has 0 fully saturated rings. The van der Waals surface area contributed by atoms with Crippen molar-refractivity contribution < 1.29 is 0 Å². The first-order chi connectivity index (χ1) is 9.10. The number of hydrogen-bond donors (Lipinski definition) is 1. The van der Waals surface area contributed by atoms with Crippen LogP contribution in [0.5, 0.6) is 0 Å². The zero-order valence-corrected chi connectivity index (χ0v) is 12.5. The maximum absolute atomic E-state index is 6.20. The topological polar surface area (TPSA) is 43.8 Å². The highest BCUT2D eigenvalue weighted by atomic mass is 35.5. The van der Waals surface area contributed by atoms with Crippen LogP contribution in [0.1, 0.15) is 5.56 Å². The van der Waals surface area contributed by atoms with Gasteiger partial charge in [-0.2, -0.15) is 0 Å². The Kier molecular flexibility index (Phi) is 3.27. The van der Waals surface area contributed by atoms with E-state index >= 15 is 0 Å². The standard InChI is InChI=1S/C13H11Cl2N3S/c1-18-10-4-7(6-16)2-3-9(10)17-13(18)8-5-11(14)19-12(8)15/h2-5H,6,16H2,1H3. The molecule has 0 amide bonds. The van der Waals surface area contributed by atoms with Gasteiger partial charge in [0.25, 0.3) is 0 Å². The van der Waals surface area contributed by atoms with E-state index in [1.807, 2.05) is 35.9 Å². The second-order valence-electron chi connectivity index (χ2n) is 4.26. The van der Waals surface area contributed by atoms with E-state index < -0.39 is 0 Å². The average molecular weight is 312 g/mol. The van der Waals surface area contributed by atoms with Crippen LogP contribution in [0.15, 0.2) is 24.3 Å². The van der Waals surface area contributed by atoms with Gasteiger partial charge in [-0.3, -0.25) is 0 Å². The van der Waals surface area contributed by atoms with Gasteiger partial charge in [-0.05, 0) is 23.8 Å². The molecule has 0 saturated heterocycles. The molecule has 2 aromatic heterocycles. The predicted molar refractivity (Wildman–Crippen MR) is 81.9 cm³/mol. The third-order valence-corrected chi connectivity index (χ3v) is 4.57. The van der Waals surface area contributed by atoms with Gasteiger partial charge in [0.15, 0.2) is 0 Å². The Hall–Kier alpha value is -1.07. The minimum atomic E-state index is 0.515. The summed E-state index contributed by atoms with van der Waals surface area (Å²) in [6, 6.07) is 7.86. The second-order valence-corrected chi connectivity index (χ2v) is 6.55. The number of fused-ring (bicyclic) bond motifs is 1. The first-order valence-electron chi connectivity index (χ1n) is 5.71. The Balaban J connectivity index is 2.25. The molecule has 1 aromatic carbocycles. The van der Waals surface area contributed by atoms with Gasteiger partial charge in [-0.15, -0.1) is 11.3 Å². The summed E-state index contributed by atoms with van der Waals surface area (Å²) in [5, 5.41) is 0. The molecule has 3 nitrogen and oxygen atoms in total. The Morgan fingerprint density at radius 1 is 1.32 bits per heavy atom. The smallest absolute Gasteiger partial charge is 0.143 e. The van der Waals surface area contributed by atoms with E-state index in [9.17, 15) is 0 Å². The van der Waals surface area contributed by atoms with E-state index in [2.05, 4.69) is 4.98 Å². The van der Waals surface area contributed by atoms with Crippen LogP contribution < -0.4 is 5.73 Å². The van der Waals surface area contributed by atoms with Gasteiger partial charge >= 0.3 is 0 Å². The van der Waals surface area contributed by atoms with Gasteiger partial charge in [0.2, 0.25) is 0 Å². The minimum Gasteiger partial charge on any atom is -0.327 e. The lowest BCUT2D eigenvalue weighted by atomic mass is 10.2. The molecule has 19 heavy (non-hydrogen) atoms. The van der Waals surface area contributed by atoms with Crippen LogP contribution in [0.2, 0.25) is 8.67 Å². The third-order valence-electron chi connectivity index (χ3n) is 3.08. The van der Waals surface area contributed by atoms with Gasteiger partial charge in [0.05, 0.1) is 15.4 Å². The molecule has 0 saturated carbocycles. The van der Waals surface area contributed by atoms with Gasteiger partial charge in [-0.25, -0.2) is 4.98 Å². The lowest BCUT2D eigenvalue weighted by Gasteiger charge is -2.01. The summed E-state index contributed by atoms with van der Waals surface area (Å²) >= 11 is 13.5. The normalized spacial score (nSPS) is 11.4. The second kappa shape index (κ2) is 4.80. The number of imidazole rings is 1. The molecule has 0 aliphatic carbocycles. The van der Waals surface area contributed by atoms with E-state index in [0.29, 0.717) is 15.2 Å². The van der Waals surface area contributed by atoms with Crippen molar-refractivity contribution in [1.82, 2.24) is 9.55 Å². The van der Waals surface area contributed by atoms with Gasteiger partial charge in [0, 0.05) is 19.2 Å². The molecule has 0 aliphatic rings. The van der Waals surface area contributed by atoms with Gasteiger partial charge in [0.1, 0.15) is 10.2 Å². The Morgan fingerprint density at radius 2 is 2.11 bits per heavy atom. The zero-order valence-electron chi connectivity index (χ0n) is 10.2. The van der Waals surface area contributed by atoms with E-state index in [0.717, 1.165) is 28.0 Å². The average Bonchev–Trinajstić information content (AvgIpc) is 2.89. The highest BCUT2D eigenvalue weighted by Gasteiger charge is 2.15. The van der Waals surface area contributed by atoms with Crippen LogP contribution in [0.4, 0.5) is 0 Å². The fourth-order valence-electron chi connectivity index (χ4n) is 2.10. The first-order valence-corrected chi connectivity index (χ1v) is 7.28. The molecule has 0 bridgehead atoms. The Bertz CT molecular complexity index is 761. The van der Waals surface area contributed by atoms with Crippen LogP contribution in [0.3, 0.4) is 0 Å². The van der Waals surface area contributed by atoms with E-state index in [1.54, 1.807) is 0 Å². The molecule has 2 N–H and O–H groups in total. The van der Waals surface area contributed by atoms with E-state index in [4.69, 9.17) is 28.9 Å². The van der Waals surface area contributed by atoms with Gasteiger partial charge < -0.3 is 10.3 Å². The first kappa shape index (κ1) is 12.9. The number of hydrogen-bond acceptors (Lipinski definition) is 3. The van der Waals surface area contributed by atoms with E-state index in [1.165, 1.54) is 11.3 Å². The molecular weight excluding hydrogens is 301 g/mol.